The smallest absolute Gasteiger partial charge is 0.146 e. The van der Waals surface area contributed by atoms with E-state index in [0.29, 0.717) is 48.6 Å². The van der Waals surface area contributed by atoms with E-state index in [2.05, 4.69) is 20.8 Å². The number of hydrogen-bond acceptors (Lipinski definition) is 4. The van der Waals surface area contributed by atoms with Crippen molar-refractivity contribution in [3.05, 3.63) is 0 Å². The van der Waals surface area contributed by atoms with Gasteiger partial charge < -0.3 is 14.3 Å². The zero-order chi connectivity index (χ0) is 21.5. The highest BCUT2D eigenvalue weighted by molar-refractivity contribution is 5.79. The lowest BCUT2D eigenvalue weighted by Gasteiger charge is -2.62. The fourth-order valence-corrected chi connectivity index (χ4v) is 8.87. The quantitative estimate of drug-likeness (QED) is 0.409. The van der Waals surface area contributed by atoms with Crippen LogP contribution in [0.25, 0.3) is 0 Å². The number of fused-ring (bicyclic) bond motifs is 5. The van der Waals surface area contributed by atoms with Gasteiger partial charge in [-0.3, -0.25) is 4.79 Å². The summed E-state index contributed by atoms with van der Waals surface area (Å²) < 4.78 is 11.8. The maximum atomic E-state index is 12.2. The maximum absolute atomic E-state index is 12.2. The molecule has 4 fully saturated rings. The van der Waals surface area contributed by atoms with Crippen LogP contribution in [0.3, 0.4) is 0 Å². The molecule has 0 spiro atoms. The Labute approximate surface area is 182 Å². The molecule has 4 nitrogen and oxygen atoms in total. The highest BCUT2D eigenvalue weighted by atomic mass is 16.7. The molecule has 0 amide bonds. The van der Waals surface area contributed by atoms with Crippen molar-refractivity contribution in [1.82, 2.24) is 0 Å². The minimum absolute atomic E-state index is 0.162. The van der Waals surface area contributed by atoms with Crippen LogP contribution in [-0.4, -0.2) is 32.1 Å². The lowest BCUT2D eigenvalue weighted by molar-refractivity contribution is -0.208. The molecule has 4 heteroatoms. The highest BCUT2D eigenvalue weighted by Gasteiger charge is 2.64. The maximum Gasteiger partial charge on any atom is 0.146 e. The number of ether oxygens (including phenoxy) is 2. The fraction of sp³-hybridized carbons (Fsp3) is 0.923. The first-order valence-electron chi connectivity index (χ1n) is 12.4. The Morgan fingerprint density at radius 2 is 1.97 bits per heavy atom. The molecule has 0 aliphatic heterocycles. The fourth-order valence-electron chi connectivity index (χ4n) is 8.87. The van der Waals surface area contributed by atoms with Gasteiger partial charge in [-0.25, -0.2) is 0 Å². The summed E-state index contributed by atoms with van der Waals surface area (Å²) in [6.07, 6.45) is 11.8. The van der Waals surface area contributed by atoms with Gasteiger partial charge in [-0.1, -0.05) is 20.8 Å². The van der Waals surface area contributed by atoms with Crippen LogP contribution in [0.4, 0.5) is 0 Å². The molecular weight excluding hydrogens is 376 g/mol. The van der Waals surface area contributed by atoms with Crippen molar-refractivity contribution in [3.8, 4) is 0 Å². The number of Topliss-reactive ketones (excluding diaryl/α,β-unsaturated/α-hetero) is 1. The van der Waals surface area contributed by atoms with E-state index < -0.39 is 0 Å². The van der Waals surface area contributed by atoms with Gasteiger partial charge in [-0.2, -0.15) is 0 Å². The molecular formula is C26H42O4. The third-order valence-electron chi connectivity index (χ3n) is 10.4. The summed E-state index contributed by atoms with van der Waals surface area (Å²) in [6.45, 7) is 7.71. The molecule has 0 aromatic carbocycles. The minimum atomic E-state index is 0.162. The molecule has 0 N–H and O–H groups in total. The summed E-state index contributed by atoms with van der Waals surface area (Å²) >= 11 is 0. The molecule has 9 atom stereocenters. The van der Waals surface area contributed by atoms with Gasteiger partial charge >= 0.3 is 0 Å². The van der Waals surface area contributed by atoms with Crippen LogP contribution in [-0.2, 0) is 19.1 Å². The van der Waals surface area contributed by atoms with E-state index >= 15 is 0 Å². The predicted octanol–water partition coefficient (Wildman–Crippen LogP) is 5.43. The Bertz CT molecular complexity index is 647. The number of carbonyl (C=O) groups excluding carboxylic acids is 2. The predicted molar refractivity (Wildman–Crippen MR) is 117 cm³/mol. The first-order chi connectivity index (χ1) is 14.4. The molecule has 30 heavy (non-hydrogen) atoms. The second kappa shape index (κ2) is 8.65. The molecule has 0 radical (unpaired) electrons. The Kier molecular flexibility index (Phi) is 6.48. The molecule has 0 aromatic heterocycles. The summed E-state index contributed by atoms with van der Waals surface area (Å²) in [4.78, 5) is 23.2. The van der Waals surface area contributed by atoms with E-state index in [1.54, 1.807) is 7.11 Å². The third-order valence-corrected chi connectivity index (χ3v) is 10.4. The van der Waals surface area contributed by atoms with E-state index in [4.69, 9.17) is 9.47 Å². The number of methoxy groups -OCH3 is 1. The van der Waals surface area contributed by atoms with E-state index in [0.717, 1.165) is 44.3 Å². The van der Waals surface area contributed by atoms with Crippen molar-refractivity contribution < 1.29 is 19.1 Å². The summed E-state index contributed by atoms with van der Waals surface area (Å²) in [6, 6.07) is 0. The first kappa shape index (κ1) is 22.5. The van der Waals surface area contributed by atoms with Crippen LogP contribution >= 0.6 is 0 Å². The van der Waals surface area contributed by atoms with Gasteiger partial charge in [-0.05, 0) is 85.9 Å². The number of hydrogen-bond donors (Lipinski definition) is 0. The molecule has 4 rings (SSSR count). The van der Waals surface area contributed by atoms with Crippen molar-refractivity contribution in [2.75, 3.05) is 13.9 Å². The van der Waals surface area contributed by atoms with Gasteiger partial charge in [0.1, 0.15) is 18.9 Å². The zero-order valence-electron chi connectivity index (χ0n) is 19.5. The number of rotatable bonds is 7. The summed E-state index contributed by atoms with van der Waals surface area (Å²) in [5.74, 6) is 4.32. The van der Waals surface area contributed by atoms with Crippen molar-refractivity contribution in [2.45, 2.75) is 91.1 Å². The average Bonchev–Trinajstić information content (AvgIpc) is 3.09. The summed E-state index contributed by atoms with van der Waals surface area (Å²) in [5.41, 5.74) is 0.448. The second-order valence-corrected chi connectivity index (χ2v) is 11.5. The van der Waals surface area contributed by atoms with Gasteiger partial charge in [0.05, 0.1) is 6.10 Å². The van der Waals surface area contributed by atoms with Crippen molar-refractivity contribution in [1.29, 1.82) is 0 Å². The zero-order valence-corrected chi connectivity index (χ0v) is 19.5. The molecule has 4 aliphatic carbocycles. The van der Waals surface area contributed by atoms with Crippen molar-refractivity contribution >= 4 is 12.1 Å². The molecule has 6 unspecified atom stereocenters. The van der Waals surface area contributed by atoms with Crippen LogP contribution in [0.2, 0.25) is 0 Å². The molecule has 0 bridgehead atoms. The van der Waals surface area contributed by atoms with E-state index in [1.807, 2.05) is 0 Å². The van der Waals surface area contributed by atoms with E-state index in [9.17, 15) is 9.59 Å². The molecule has 0 saturated heterocycles. The summed E-state index contributed by atoms with van der Waals surface area (Å²) in [7, 11) is 1.72. The Morgan fingerprint density at radius 3 is 2.70 bits per heavy atom. The molecule has 0 heterocycles. The third kappa shape index (κ3) is 3.50. The average molecular weight is 419 g/mol. The second-order valence-electron chi connectivity index (χ2n) is 11.5. The monoisotopic (exact) mass is 418 g/mol. The lowest BCUT2D eigenvalue weighted by Crippen LogP contribution is -2.59. The van der Waals surface area contributed by atoms with E-state index in [1.165, 1.54) is 25.7 Å². The van der Waals surface area contributed by atoms with Gasteiger partial charge in [0, 0.05) is 31.8 Å². The van der Waals surface area contributed by atoms with Crippen LogP contribution < -0.4 is 0 Å². The van der Waals surface area contributed by atoms with Crippen LogP contribution in [0.15, 0.2) is 0 Å². The highest BCUT2D eigenvalue weighted by Crippen LogP contribution is 2.68. The van der Waals surface area contributed by atoms with Gasteiger partial charge in [0.25, 0.3) is 0 Å². The topological polar surface area (TPSA) is 52.6 Å². The van der Waals surface area contributed by atoms with E-state index in [-0.39, 0.29) is 16.9 Å². The summed E-state index contributed by atoms with van der Waals surface area (Å²) in [5, 5.41) is 0. The van der Waals surface area contributed by atoms with Crippen molar-refractivity contribution in [3.63, 3.8) is 0 Å². The normalized spacial score (nSPS) is 46.6. The first-order valence-corrected chi connectivity index (χ1v) is 12.4. The Balaban J connectivity index is 1.64. The Hall–Kier alpha value is -0.740. The van der Waals surface area contributed by atoms with Gasteiger partial charge in [0.15, 0.2) is 0 Å². The SMILES string of the molecule is COCO[C@H]1CC2C(CC[C@H]3CC(=O)CCC23C)C2CCC([C@H](C)CCC=O)C21C. The molecule has 170 valence electrons. The molecule has 0 aromatic rings. The number of aldehydes is 1. The number of carbonyl (C=O) groups is 2. The standard InChI is InChI=1S/C26H42O4/c1-17(6-5-13-27)21-9-10-22-20-8-7-18-14-19(28)11-12-25(18,2)23(20)15-24(26(21,22)3)30-16-29-4/h13,17-18,20-24H,5-12,14-16H2,1-4H3/t17-,18+,20?,21?,22?,23?,24+,25?,26?/m1/s1. The Morgan fingerprint density at radius 1 is 1.17 bits per heavy atom. The number of ketones is 1. The van der Waals surface area contributed by atoms with Crippen LogP contribution in [0, 0.1) is 46.3 Å². The van der Waals surface area contributed by atoms with Gasteiger partial charge in [0.2, 0.25) is 0 Å². The molecule has 4 saturated carbocycles. The molecule has 4 aliphatic rings. The van der Waals surface area contributed by atoms with Crippen molar-refractivity contribution in [2.24, 2.45) is 46.3 Å². The van der Waals surface area contributed by atoms with Crippen LogP contribution in [0.1, 0.15) is 85.0 Å². The largest absolute Gasteiger partial charge is 0.359 e. The lowest BCUT2D eigenvalue weighted by atomic mass is 9.43. The van der Waals surface area contributed by atoms with Gasteiger partial charge in [-0.15, -0.1) is 0 Å². The minimum Gasteiger partial charge on any atom is -0.359 e. The van der Waals surface area contributed by atoms with Crippen LogP contribution in [0.5, 0.6) is 0 Å².